The fourth-order valence-corrected chi connectivity index (χ4v) is 2.50. The van der Waals surface area contributed by atoms with Crippen LogP contribution in [-0.4, -0.2) is 15.2 Å². The summed E-state index contributed by atoms with van der Waals surface area (Å²) in [6, 6.07) is -0.0337. The molecule has 0 aromatic carbocycles. The summed E-state index contributed by atoms with van der Waals surface area (Å²) in [7, 11) is 0. The van der Waals surface area contributed by atoms with Gasteiger partial charge in [0.15, 0.2) is 5.82 Å². The molecule has 0 bridgehead atoms. The lowest BCUT2D eigenvalue weighted by Gasteiger charge is -2.19. The van der Waals surface area contributed by atoms with Crippen LogP contribution in [0.25, 0.3) is 0 Å². The number of H-pyrrole nitrogens is 1. The van der Waals surface area contributed by atoms with Crippen molar-refractivity contribution in [3.63, 3.8) is 0 Å². The zero-order valence-corrected chi connectivity index (χ0v) is 10.9. The van der Waals surface area contributed by atoms with E-state index in [2.05, 4.69) is 29.0 Å². The lowest BCUT2D eigenvalue weighted by molar-refractivity contribution is 0.425. The number of aromatic amines is 1. The molecule has 1 aromatic heterocycles. The van der Waals surface area contributed by atoms with E-state index in [9.17, 15) is 0 Å². The second-order valence-corrected chi connectivity index (χ2v) is 5.33. The van der Waals surface area contributed by atoms with Crippen molar-refractivity contribution in [2.45, 2.75) is 64.3 Å². The number of nitrogens with zero attached hydrogens (tertiary/aromatic N) is 2. The Balaban J connectivity index is 2.04. The number of rotatable bonds is 4. The van der Waals surface area contributed by atoms with Gasteiger partial charge in [-0.15, -0.1) is 0 Å². The lowest BCUT2D eigenvalue weighted by atomic mass is 9.89. The first kappa shape index (κ1) is 12.6. The van der Waals surface area contributed by atoms with Crippen molar-refractivity contribution in [2.24, 2.45) is 11.7 Å². The molecule has 2 atom stereocenters. The van der Waals surface area contributed by atoms with Gasteiger partial charge in [0.05, 0.1) is 6.04 Å². The van der Waals surface area contributed by atoms with Gasteiger partial charge in [0, 0.05) is 5.92 Å². The summed E-state index contributed by atoms with van der Waals surface area (Å²) < 4.78 is 0. The highest BCUT2D eigenvalue weighted by molar-refractivity contribution is 5.02. The molecule has 1 saturated carbocycles. The van der Waals surface area contributed by atoms with Gasteiger partial charge in [0.1, 0.15) is 5.82 Å². The highest BCUT2D eigenvalue weighted by Gasteiger charge is 2.22. The number of aromatic nitrogens is 3. The Bertz CT molecular complexity index is 324. The van der Waals surface area contributed by atoms with Gasteiger partial charge in [-0.2, -0.15) is 5.10 Å². The molecule has 2 rings (SSSR count). The van der Waals surface area contributed by atoms with Crippen LogP contribution in [0.1, 0.15) is 76.0 Å². The van der Waals surface area contributed by atoms with Crippen LogP contribution in [0, 0.1) is 5.92 Å². The van der Waals surface area contributed by atoms with E-state index >= 15 is 0 Å². The summed E-state index contributed by atoms with van der Waals surface area (Å²) in [6.45, 7) is 4.31. The molecule has 1 aliphatic rings. The van der Waals surface area contributed by atoms with E-state index in [0.29, 0.717) is 11.8 Å². The normalized spacial score (nSPS) is 21.4. The van der Waals surface area contributed by atoms with Crippen LogP contribution in [0.4, 0.5) is 0 Å². The third kappa shape index (κ3) is 2.86. The van der Waals surface area contributed by atoms with Crippen molar-refractivity contribution in [3.05, 3.63) is 11.6 Å². The maximum absolute atomic E-state index is 6.15. The fourth-order valence-electron chi connectivity index (χ4n) is 2.50. The predicted molar refractivity (Wildman–Crippen MR) is 68.6 cm³/mol. The molecule has 0 spiro atoms. The van der Waals surface area contributed by atoms with Crippen molar-refractivity contribution < 1.29 is 0 Å². The summed E-state index contributed by atoms with van der Waals surface area (Å²) in [4.78, 5) is 4.61. The zero-order valence-electron chi connectivity index (χ0n) is 10.9. The molecular weight excluding hydrogens is 212 g/mol. The van der Waals surface area contributed by atoms with Gasteiger partial charge in [0.2, 0.25) is 0 Å². The number of hydrogen-bond acceptors (Lipinski definition) is 3. The third-order valence-corrected chi connectivity index (χ3v) is 4.07. The Morgan fingerprint density at radius 2 is 2.06 bits per heavy atom. The summed E-state index contributed by atoms with van der Waals surface area (Å²) in [6.07, 6.45) is 7.55. The first-order chi connectivity index (χ1) is 8.22. The zero-order chi connectivity index (χ0) is 12.3. The quantitative estimate of drug-likeness (QED) is 0.844. The van der Waals surface area contributed by atoms with Crippen LogP contribution < -0.4 is 5.73 Å². The summed E-state index contributed by atoms with van der Waals surface area (Å²) >= 11 is 0. The molecule has 1 aromatic rings. The first-order valence-corrected chi connectivity index (χ1v) is 6.90. The van der Waals surface area contributed by atoms with Gasteiger partial charge in [-0.1, -0.05) is 39.5 Å². The molecule has 1 aliphatic carbocycles. The van der Waals surface area contributed by atoms with E-state index in [4.69, 9.17) is 5.73 Å². The van der Waals surface area contributed by atoms with E-state index in [1.807, 2.05) is 0 Å². The minimum absolute atomic E-state index is 0.0337. The largest absolute Gasteiger partial charge is 0.321 e. The second-order valence-electron chi connectivity index (χ2n) is 5.33. The number of hydrogen-bond donors (Lipinski definition) is 2. The van der Waals surface area contributed by atoms with Crippen LogP contribution in [0.15, 0.2) is 0 Å². The molecule has 0 saturated heterocycles. The summed E-state index contributed by atoms with van der Waals surface area (Å²) in [5, 5.41) is 7.39. The van der Waals surface area contributed by atoms with Gasteiger partial charge in [0.25, 0.3) is 0 Å². The van der Waals surface area contributed by atoms with Crippen molar-refractivity contribution in [1.82, 2.24) is 15.2 Å². The van der Waals surface area contributed by atoms with Crippen molar-refractivity contribution in [1.29, 1.82) is 0 Å². The average molecular weight is 236 g/mol. The minimum atomic E-state index is -0.0337. The molecule has 0 aliphatic heterocycles. The van der Waals surface area contributed by atoms with Gasteiger partial charge >= 0.3 is 0 Å². The van der Waals surface area contributed by atoms with E-state index in [1.165, 1.54) is 32.1 Å². The molecule has 1 heterocycles. The van der Waals surface area contributed by atoms with Gasteiger partial charge in [-0.25, -0.2) is 4.98 Å². The van der Waals surface area contributed by atoms with Gasteiger partial charge < -0.3 is 5.73 Å². The first-order valence-electron chi connectivity index (χ1n) is 6.90. The number of nitrogens with one attached hydrogen (secondary N) is 1. The molecule has 2 unspecified atom stereocenters. The topological polar surface area (TPSA) is 67.6 Å². The van der Waals surface area contributed by atoms with Crippen LogP contribution in [0.3, 0.4) is 0 Å². The molecule has 17 heavy (non-hydrogen) atoms. The van der Waals surface area contributed by atoms with Gasteiger partial charge in [-0.3, -0.25) is 5.10 Å². The molecule has 4 nitrogen and oxygen atoms in total. The lowest BCUT2D eigenvalue weighted by Crippen LogP contribution is -2.20. The Labute approximate surface area is 103 Å². The SMILES string of the molecule is CCC(C)C(N)c1n[nH]c(C2CCCCC2)n1. The third-order valence-electron chi connectivity index (χ3n) is 4.07. The van der Waals surface area contributed by atoms with E-state index in [1.54, 1.807) is 0 Å². The van der Waals surface area contributed by atoms with E-state index in [0.717, 1.165) is 18.1 Å². The Morgan fingerprint density at radius 1 is 1.35 bits per heavy atom. The standard InChI is InChI=1S/C13H24N4/c1-3-9(2)11(14)13-15-12(16-17-13)10-7-5-4-6-8-10/h9-11H,3-8,14H2,1-2H3,(H,15,16,17). The maximum atomic E-state index is 6.15. The van der Waals surface area contributed by atoms with Gasteiger partial charge in [-0.05, 0) is 18.8 Å². The Kier molecular flexibility index (Phi) is 4.15. The molecule has 96 valence electrons. The second kappa shape index (κ2) is 5.63. The Morgan fingerprint density at radius 3 is 2.71 bits per heavy atom. The van der Waals surface area contributed by atoms with Crippen LogP contribution in [0.5, 0.6) is 0 Å². The molecule has 4 heteroatoms. The van der Waals surface area contributed by atoms with Crippen molar-refractivity contribution >= 4 is 0 Å². The Hall–Kier alpha value is -0.900. The van der Waals surface area contributed by atoms with Crippen molar-refractivity contribution in [3.8, 4) is 0 Å². The molecule has 1 fully saturated rings. The average Bonchev–Trinajstić information content (AvgIpc) is 2.87. The summed E-state index contributed by atoms with van der Waals surface area (Å²) in [5.74, 6) is 2.86. The minimum Gasteiger partial charge on any atom is -0.321 e. The fraction of sp³-hybridized carbons (Fsp3) is 0.846. The van der Waals surface area contributed by atoms with Crippen LogP contribution in [0.2, 0.25) is 0 Å². The number of nitrogens with two attached hydrogens (primary N) is 1. The monoisotopic (exact) mass is 236 g/mol. The summed E-state index contributed by atoms with van der Waals surface area (Å²) in [5.41, 5.74) is 6.15. The highest BCUT2D eigenvalue weighted by atomic mass is 15.2. The molecular formula is C13H24N4. The molecule has 3 N–H and O–H groups in total. The van der Waals surface area contributed by atoms with E-state index in [-0.39, 0.29) is 6.04 Å². The van der Waals surface area contributed by atoms with E-state index < -0.39 is 0 Å². The predicted octanol–water partition coefficient (Wildman–Crippen LogP) is 2.90. The highest BCUT2D eigenvalue weighted by Crippen LogP contribution is 2.31. The molecule has 0 amide bonds. The van der Waals surface area contributed by atoms with Crippen LogP contribution in [-0.2, 0) is 0 Å². The smallest absolute Gasteiger partial charge is 0.167 e. The molecule has 0 radical (unpaired) electrons. The van der Waals surface area contributed by atoms with Crippen LogP contribution >= 0.6 is 0 Å². The van der Waals surface area contributed by atoms with Crippen molar-refractivity contribution in [2.75, 3.05) is 0 Å². The maximum Gasteiger partial charge on any atom is 0.167 e.